The second-order valence-electron chi connectivity index (χ2n) is 5.83. The number of nitrogens with one attached hydrogen (secondary N) is 1. The Balaban J connectivity index is 1.59. The minimum Gasteiger partial charge on any atom is -0.473 e. The van der Waals surface area contributed by atoms with Crippen LogP contribution in [0.4, 0.5) is 0 Å². The maximum atomic E-state index is 12.5. The van der Waals surface area contributed by atoms with E-state index in [0.717, 1.165) is 12.8 Å². The molecule has 1 fully saturated rings. The molecule has 25 heavy (non-hydrogen) atoms. The third-order valence-corrected chi connectivity index (χ3v) is 6.24. The van der Waals surface area contributed by atoms with Crippen LogP contribution in [-0.4, -0.2) is 30.5 Å². The molecule has 1 aromatic carbocycles. The molecule has 1 aromatic heterocycles. The fourth-order valence-electron chi connectivity index (χ4n) is 2.78. The number of benzene rings is 1. The van der Waals surface area contributed by atoms with Gasteiger partial charge in [-0.1, -0.05) is 23.2 Å². The van der Waals surface area contributed by atoms with Crippen molar-refractivity contribution >= 4 is 33.2 Å². The van der Waals surface area contributed by atoms with Gasteiger partial charge in [0.2, 0.25) is 15.9 Å². The van der Waals surface area contributed by atoms with Crippen molar-refractivity contribution in [3.8, 4) is 5.88 Å². The Bertz CT molecular complexity index is 826. The molecule has 1 saturated carbocycles. The van der Waals surface area contributed by atoms with Gasteiger partial charge in [0.1, 0.15) is 11.0 Å². The van der Waals surface area contributed by atoms with Gasteiger partial charge < -0.3 is 4.74 Å². The molecule has 1 heterocycles. The second-order valence-corrected chi connectivity index (χ2v) is 8.36. The van der Waals surface area contributed by atoms with Crippen molar-refractivity contribution in [2.45, 2.75) is 42.7 Å². The van der Waals surface area contributed by atoms with E-state index in [0.29, 0.717) is 23.7 Å². The van der Waals surface area contributed by atoms with Crippen LogP contribution in [0, 0.1) is 0 Å². The van der Waals surface area contributed by atoms with Crippen molar-refractivity contribution in [3.63, 3.8) is 0 Å². The average molecular weight is 402 g/mol. The van der Waals surface area contributed by atoms with E-state index < -0.39 is 10.0 Å². The molecular weight excluding hydrogens is 385 g/mol. The van der Waals surface area contributed by atoms with E-state index in [1.165, 1.54) is 12.1 Å². The standard InChI is InChI=1S/C16H17Cl2N3O3S/c17-11-1-6-14(18)15(9-11)25(22,23)21-12-2-4-13(5-3-12)24-16-10-19-7-8-20-16/h1,6-10,12-13,21H,2-5H2. The summed E-state index contributed by atoms with van der Waals surface area (Å²) < 4.78 is 33.6. The Morgan fingerprint density at radius 1 is 1.12 bits per heavy atom. The van der Waals surface area contributed by atoms with E-state index >= 15 is 0 Å². The van der Waals surface area contributed by atoms with Gasteiger partial charge in [0.05, 0.1) is 11.2 Å². The largest absolute Gasteiger partial charge is 0.473 e. The van der Waals surface area contributed by atoms with E-state index in [4.69, 9.17) is 27.9 Å². The zero-order valence-electron chi connectivity index (χ0n) is 13.2. The van der Waals surface area contributed by atoms with Crippen molar-refractivity contribution in [1.29, 1.82) is 0 Å². The van der Waals surface area contributed by atoms with Crippen molar-refractivity contribution in [2.75, 3.05) is 0 Å². The molecule has 0 bridgehead atoms. The predicted octanol–water partition coefficient (Wildman–Crippen LogP) is 3.45. The number of hydrogen-bond donors (Lipinski definition) is 1. The highest BCUT2D eigenvalue weighted by atomic mass is 35.5. The number of hydrogen-bond acceptors (Lipinski definition) is 5. The minimum absolute atomic E-state index is 0.000370. The zero-order chi connectivity index (χ0) is 17.9. The summed E-state index contributed by atoms with van der Waals surface area (Å²) >= 11 is 11.9. The molecule has 0 radical (unpaired) electrons. The van der Waals surface area contributed by atoms with Gasteiger partial charge >= 0.3 is 0 Å². The van der Waals surface area contributed by atoms with Gasteiger partial charge in [0.25, 0.3) is 0 Å². The lowest BCUT2D eigenvalue weighted by atomic mass is 9.94. The normalized spacial score (nSPS) is 21.0. The van der Waals surface area contributed by atoms with Crippen LogP contribution < -0.4 is 9.46 Å². The summed E-state index contributed by atoms with van der Waals surface area (Å²) in [5.74, 6) is 0.484. The second kappa shape index (κ2) is 7.86. The van der Waals surface area contributed by atoms with E-state index in [9.17, 15) is 8.42 Å². The number of halogens is 2. The Kier molecular flexibility index (Phi) is 5.78. The lowest BCUT2D eigenvalue weighted by Crippen LogP contribution is -2.39. The van der Waals surface area contributed by atoms with Crippen LogP contribution in [-0.2, 0) is 10.0 Å². The van der Waals surface area contributed by atoms with Crippen LogP contribution in [0.1, 0.15) is 25.7 Å². The van der Waals surface area contributed by atoms with Gasteiger partial charge in [-0.3, -0.25) is 4.98 Å². The molecule has 6 nitrogen and oxygen atoms in total. The molecule has 1 aliphatic rings. The third kappa shape index (κ3) is 4.82. The molecule has 0 atom stereocenters. The van der Waals surface area contributed by atoms with Crippen molar-refractivity contribution in [3.05, 3.63) is 46.8 Å². The van der Waals surface area contributed by atoms with Crippen LogP contribution in [0.25, 0.3) is 0 Å². The number of ether oxygens (including phenoxy) is 1. The summed E-state index contributed by atoms with van der Waals surface area (Å²) in [6.45, 7) is 0. The first-order valence-electron chi connectivity index (χ1n) is 7.84. The summed E-state index contributed by atoms with van der Waals surface area (Å²) in [6.07, 6.45) is 7.52. The molecule has 2 aromatic rings. The highest BCUT2D eigenvalue weighted by molar-refractivity contribution is 7.89. The smallest absolute Gasteiger partial charge is 0.242 e. The minimum atomic E-state index is -3.72. The van der Waals surface area contributed by atoms with Crippen LogP contribution in [0.3, 0.4) is 0 Å². The van der Waals surface area contributed by atoms with Crippen molar-refractivity contribution < 1.29 is 13.2 Å². The molecule has 1 aliphatic carbocycles. The molecule has 0 spiro atoms. The van der Waals surface area contributed by atoms with Gasteiger partial charge in [0.15, 0.2) is 0 Å². The van der Waals surface area contributed by atoms with E-state index in [-0.39, 0.29) is 22.1 Å². The predicted molar refractivity (Wildman–Crippen MR) is 95.5 cm³/mol. The lowest BCUT2D eigenvalue weighted by Gasteiger charge is -2.29. The fraction of sp³-hybridized carbons (Fsp3) is 0.375. The fourth-order valence-corrected chi connectivity index (χ4v) is 4.85. The Morgan fingerprint density at radius 3 is 2.56 bits per heavy atom. The monoisotopic (exact) mass is 401 g/mol. The zero-order valence-corrected chi connectivity index (χ0v) is 15.6. The van der Waals surface area contributed by atoms with E-state index in [2.05, 4.69) is 14.7 Å². The maximum Gasteiger partial charge on any atom is 0.242 e. The van der Waals surface area contributed by atoms with Gasteiger partial charge in [-0.05, 0) is 43.9 Å². The number of nitrogens with zero attached hydrogens (tertiary/aromatic N) is 2. The van der Waals surface area contributed by atoms with Crippen molar-refractivity contribution in [1.82, 2.24) is 14.7 Å². The van der Waals surface area contributed by atoms with E-state index in [1.807, 2.05) is 0 Å². The summed E-state index contributed by atoms with van der Waals surface area (Å²) in [7, 11) is -3.72. The summed E-state index contributed by atoms with van der Waals surface area (Å²) in [4.78, 5) is 8.05. The Hall–Kier alpha value is -1.41. The topological polar surface area (TPSA) is 81.2 Å². The highest BCUT2D eigenvalue weighted by Crippen LogP contribution is 2.27. The molecule has 134 valence electrons. The third-order valence-electron chi connectivity index (χ3n) is 4.01. The quantitative estimate of drug-likeness (QED) is 0.829. The molecule has 0 saturated heterocycles. The molecule has 0 aliphatic heterocycles. The molecule has 9 heteroatoms. The molecular formula is C16H17Cl2N3O3S. The summed E-state index contributed by atoms with van der Waals surface area (Å²) in [5.41, 5.74) is 0. The van der Waals surface area contributed by atoms with Gasteiger partial charge in [-0.25, -0.2) is 18.1 Å². The first kappa shape index (κ1) is 18.4. The maximum absolute atomic E-state index is 12.5. The van der Waals surface area contributed by atoms with E-state index in [1.54, 1.807) is 24.7 Å². The number of sulfonamides is 1. The van der Waals surface area contributed by atoms with Crippen LogP contribution in [0.5, 0.6) is 5.88 Å². The van der Waals surface area contributed by atoms with Gasteiger partial charge in [-0.2, -0.15) is 0 Å². The summed E-state index contributed by atoms with van der Waals surface area (Å²) in [5, 5.41) is 0.474. The first-order chi connectivity index (χ1) is 11.9. The van der Waals surface area contributed by atoms with Gasteiger partial charge in [0, 0.05) is 23.5 Å². The SMILES string of the molecule is O=S(=O)(NC1CCC(Oc2cnccn2)CC1)c1cc(Cl)ccc1Cl. The first-order valence-corrected chi connectivity index (χ1v) is 10.1. The molecule has 1 N–H and O–H groups in total. The molecule has 3 rings (SSSR count). The van der Waals surface area contributed by atoms with Gasteiger partial charge in [-0.15, -0.1) is 0 Å². The molecule has 0 amide bonds. The van der Waals surface area contributed by atoms with Crippen LogP contribution in [0.2, 0.25) is 10.0 Å². The van der Waals surface area contributed by atoms with Crippen LogP contribution >= 0.6 is 23.2 Å². The number of aromatic nitrogens is 2. The average Bonchev–Trinajstić information content (AvgIpc) is 2.59. The lowest BCUT2D eigenvalue weighted by molar-refractivity contribution is 0.138. The summed E-state index contributed by atoms with van der Waals surface area (Å²) in [6, 6.07) is 4.22. The highest BCUT2D eigenvalue weighted by Gasteiger charge is 2.28. The number of rotatable bonds is 5. The van der Waals surface area contributed by atoms with Crippen molar-refractivity contribution in [2.24, 2.45) is 0 Å². The van der Waals surface area contributed by atoms with Crippen LogP contribution in [0.15, 0.2) is 41.7 Å². The molecule has 0 unspecified atom stereocenters. The Labute approximate surface area is 156 Å². The Morgan fingerprint density at radius 2 is 1.88 bits per heavy atom.